The van der Waals surface area contributed by atoms with E-state index < -0.39 is 0 Å². The van der Waals surface area contributed by atoms with Crippen LogP contribution in [0.15, 0.2) is 30.5 Å². The van der Waals surface area contributed by atoms with Crippen LogP contribution in [-0.4, -0.2) is 17.0 Å². The average Bonchev–Trinajstić information content (AvgIpc) is 3.23. The van der Waals surface area contributed by atoms with E-state index in [2.05, 4.69) is 41.9 Å². The van der Waals surface area contributed by atoms with Crippen molar-refractivity contribution < 1.29 is 4.74 Å². The maximum atomic E-state index is 9.29. The monoisotopic (exact) mass is 331 g/mol. The van der Waals surface area contributed by atoms with Crippen molar-refractivity contribution in [2.75, 3.05) is 7.11 Å². The Balaban J connectivity index is 1.66. The third-order valence-electron chi connectivity index (χ3n) is 5.19. The third kappa shape index (κ3) is 2.57. The summed E-state index contributed by atoms with van der Waals surface area (Å²) in [6, 6.07) is 10.6. The first-order chi connectivity index (χ1) is 12.1. The van der Waals surface area contributed by atoms with E-state index in [4.69, 9.17) is 4.74 Å². The van der Waals surface area contributed by atoms with Gasteiger partial charge in [0, 0.05) is 36.7 Å². The Kier molecular flexibility index (Phi) is 3.74. The summed E-state index contributed by atoms with van der Waals surface area (Å²) in [6.07, 6.45) is 2.02. The lowest BCUT2D eigenvalue weighted by Crippen LogP contribution is -2.16. The maximum Gasteiger partial charge on any atom is 0.136 e. The molecule has 4 nitrogen and oxygen atoms in total. The van der Waals surface area contributed by atoms with Crippen LogP contribution in [0.5, 0.6) is 5.75 Å². The zero-order chi connectivity index (χ0) is 17.6. The second-order valence-corrected chi connectivity index (χ2v) is 6.83. The molecule has 3 aromatic rings. The molecule has 0 fully saturated rings. The molecule has 0 aliphatic carbocycles. The molecule has 0 bridgehead atoms. The summed E-state index contributed by atoms with van der Waals surface area (Å²) >= 11 is 0. The molecular weight excluding hydrogens is 310 g/mol. The van der Waals surface area contributed by atoms with Gasteiger partial charge in [-0.2, -0.15) is 5.26 Å². The second kappa shape index (κ2) is 5.94. The summed E-state index contributed by atoms with van der Waals surface area (Å²) in [5.74, 6) is 0.669. The number of ether oxygens (including phenoxy) is 1. The maximum absolute atomic E-state index is 9.29. The molecule has 0 saturated heterocycles. The Morgan fingerprint density at radius 1 is 1.16 bits per heavy atom. The molecule has 0 radical (unpaired) electrons. The van der Waals surface area contributed by atoms with Crippen molar-refractivity contribution in [3.05, 3.63) is 63.8 Å². The minimum atomic E-state index is 0.614. The van der Waals surface area contributed by atoms with Gasteiger partial charge in [0.25, 0.3) is 0 Å². The van der Waals surface area contributed by atoms with E-state index in [0.717, 1.165) is 19.6 Å². The molecule has 2 aromatic carbocycles. The molecule has 4 rings (SSSR count). The standard InChI is InChI=1S/C21H21N3O/c1-13-6-14(2)21-18(4-5-23-21)19(13)12-24-10-16-7-15(9-22)20(25-3)8-17(16)11-24/h4-8,23H,10-12H2,1-3H3. The Hall–Kier alpha value is -2.77. The first-order valence-corrected chi connectivity index (χ1v) is 8.49. The highest BCUT2D eigenvalue weighted by molar-refractivity contribution is 5.87. The minimum Gasteiger partial charge on any atom is -0.495 e. The van der Waals surface area contributed by atoms with Gasteiger partial charge in [-0.1, -0.05) is 6.07 Å². The van der Waals surface area contributed by atoms with Gasteiger partial charge in [-0.05, 0) is 59.9 Å². The van der Waals surface area contributed by atoms with Gasteiger partial charge in [-0.25, -0.2) is 0 Å². The summed E-state index contributed by atoms with van der Waals surface area (Å²) in [5, 5.41) is 10.6. The van der Waals surface area contributed by atoms with E-state index in [9.17, 15) is 5.26 Å². The lowest BCUT2D eigenvalue weighted by atomic mass is 10.00. The van der Waals surface area contributed by atoms with Crippen LogP contribution in [0.25, 0.3) is 10.9 Å². The number of hydrogen-bond acceptors (Lipinski definition) is 3. The molecule has 1 aromatic heterocycles. The van der Waals surface area contributed by atoms with Crippen LogP contribution in [-0.2, 0) is 19.6 Å². The first kappa shape index (κ1) is 15.7. The number of H-pyrrole nitrogens is 1. The fourth-order valence-corrected chi connectivity index (χ4v) is 3.94. The van der Waals surface area contributed by atoms with E-state index in [1.54, 1.807) is 7.11 Å². The van der Waals surface area contributed by atoms with Gasteiger partial charge in [0.2, 0.25) is 0 Å². The van der Waals surface area contributed by atoms with Crippen LogP contribution in [0.1, 0.15) is 33.4 Å². The number of benzene rings is 2. The Morgan fingerprint density at radius 3 is 2.64 bits per heavy atom. The van der Waals surface area contributed by atoms with Crippen molar-refractivity contribution in [3.63, 3.8) is 0 Å². The van der Waals surface area contributed by atoms with Crippen molar-refractivity contribution in [3.8, 4) is 11.8 Å². The summed E-state index contributed by atoms with van der Waals surface area (Å²) in [4.78, 5) is 5.78. The third-order valence-corrected chi connectivity index (χ3v) is 5.19. The van der Waals surface area contributed by atoms with E-state index in [-0.39, 0.29) is 0 Å². The van der Waals surface area contributed by atoms with Crippen LogP contribution in [0.2, 0.25) is 0 Å². The first-order valence-electron chi connectivity index (χ1n) is 8.49. The lowest BCUT2D eigenvalue weighted by Gasteiger charge is -2.18. The fourth-order valence-electron chi connectivity index (χ4n) is 3.94. The van der Waals surface area contributed by atoms with Gasteiger partial charge < -0.3 is 9.72 Å². The van der Waals surface area contributed by atoms with Crippen LogP contribution < -0.4 is 4.74 Å². The number of aryl methyl sites for hydroxylation is 2. The topological polar surface area (TPSA) is 52.0 Å². The van der Waals surface area contributed by atoms with Crippen LogP contribution >= 0.6 is 0 Å². The number of aromatic nitrogens is 1. The van der Waals surface area contributed by atoms with Gasteiger partial charge in [-0.15, -0.1) is 0 Å². The molecule has 4 heteroatoms. The molecule has 126 valence electrons. The number of nitrogens with one attached hydrogen (secondary N) is 1. The Morgan fingerprint density at radius 2 is 1.92 bits per heavy atom. The number of methoxy groups -OCH3 is 1. The van der Waals surface area contributed by atoms with Crippen molar-refractivity contribution in [2.45, 2.75) is 33.5 Å². The highest BCUT2D eigenvalue weighted by Gasteiger charge is 2.23. The van der Waals surface area contributed by atoms with Crippen molar-refractivity contribution in [2.24, 2.45) is 0 Å². The normalized spacial score (nSPS) is 13.8. The summed E-state index contributed by atoms with van der Waals surface area (Å²) < 4.78 is 5.35. The smallest absolute Gasteiger partial charge is 0.136 e. The molecule has 0 spiro atoms. The molecule has 2 heterocycles. The van der Waals surface area contributed by atoms with Gasteiger partial charge in [0.1, 0.15) is 11.8 Å². The van der Waals surface area contributed by atoms with E-state index in [1.807, 2.05) is 18.3 Å². The van der Waals surface area contributed by atoms with E-state index in [0.29, 0.717) is 11.3 Å². The van der Waals surface area contributed by atoms with Gasteiger partial charge in [0.05, 0.1) is 12.7 Å². The van der Waals surface area contributed by atoms with Crippen molar-refractivity contribution >= 4 is 10.9 Å². The van der Waals surface area contributed by atoms with E-state index in [1.165, 1.54) is 38.7 Å². The number of nitriles is 1. The Labute approximate surface area is 147 Å². The van der Waals surface area contributed by atoms with Gasteiger partial charge >= 0.3 is 0 Å². The predicted molar refractivity (Wildman–Crippen MR) is 98.4 cm³/mol. The summed E-state index contributed by atoms with van der Waals surface area (Å²) in [7, 11) is 1.62. The SMILES string of the molecule is COc1cc2c(cc1C#N)CN(Cc1c(C)cc(C)c3[nH]ccc13)C2. The number of nitrogens with zero attached hydrogens (tertiary/aromatic N) is 2. The minimum absolute atomic E-state index is 0.614. The molecular formula is C21H21N3O. The molecule has 0 amide bonds. The molecule has 25 heavy (non-hydrogen) atoms. The van der Waals surface area contributed by atoms with E-state index >= 15 is 0 Å². The lowest BCUT2D eigenvalue weighted by molar-refractivity contribution is 0.276. The number of hydrogen-bond donors (Lipinski definition) is 1. The number of aromatic amines is 1. The molecule has 0 atom stereocenters. The Bertz CT molecular complexity index is 1010. The largest absolute Gasteiger partial charge is 0.495 e. The molecule has 1 N–H and O–H groups in total. The second-order valence-electron chi connectivity index (χ2n) is 6.83. The quantitative estimate of drug-likeness (QED) is 0.783. The van der Waals surface area contributed by atoms with Crippen LogP contribution in [0.4, 0.5) is 0 Å². The van der Waals surface area contributed by atoms with Crippen molar-refractivity contribution in [1.29, 1.82) is 5.26 Å². The summed E-state index contributed by atoms with van der Waals surface area (Å²) in [5.41, 5.74) is 8.32. The summed E-state index contributed by atoms with van der Waals surface area (Å²) in [6.45, 7) is 7.00. The van der Waals surface area contributed by atoms with Gasteiger partial charge in [-0.3, -0.25) is 4.90 Å². The van der Waals surface area contributed by atoms with Crippen LogP contribution in [0.3, 0.4) is 0 Å². The highest BCUT2D eigenvalue weighted by Crippen LogP contribution is 2.33. The zero-order valence-corrected chi connectivity index (χ0v) is 14.8. The number of rotatable bonds is 3. The fraction of sp³-hybridized carbons (Fsp3) is 0.286. The molecule has 1 aliphatic heterocycles. The molecule has 0 unspecified atom stereocenters. The average molecular weight is 331 g/mol. The predicted octanol–water partition coefficient (Wildman–Crippen LogP) is 4.18. The highest BCUT2D eigenvalue weighted by atomic mass is 16.5. The number of fused-ring (bicyclic) bond motifs is 2. The van der Waals surface area contributed by atoms with Gasteiger partial charge in [0.15, 0.2) is 0 Å². The zero-order valence-electron chi connectivity index (χ0n) is 14.8. The molecule has 0 saturated carbocycles. The van der Waals surface area contributed by atoms with Crippen molar-refractivity contribution in [1.82, 2.24) is 9.88 Å². The molecule has 1 aliphatic rings. The van der Waals surface area contributed by atoms with Crippen LogP contribution in [0, 0.1) is 25.2 Å².